The minimum atomic E-state index is -0.126. The topological polar surface area (TPSA) is 88.9 Å². The van der Waals surface area contributed by atoms with E-state index in [2.05, 4.69) is 10.2 Å². The van der Waals surface area contributed by atoms with Gasteiger partial charge in [-0.1, -0.05) is 18.2 Å². The van der Waals surface area contributed by atoms with Gasteiger partial charge in [-0.25, -0.2) is 9.78 Å². The molecule has 0 unspecified atom stereocenters. The molecule has 3 aromatic rings. The van der Waals surface area contributed by atoms with Gasteiger partial charge < -0.3 is 24.6 Å². The maximum absolute atomic E-state index is 13.2. The molecule has 1 saturated heterocycles. The summed E-state index contributed by atoms with van der Waals surface area (Å²) in [5.41, 5.74) is 1.25. The third-order valence-corrected chi connectivity index (χ3v) is 5.79. The number of rotatable bonds is 3. The van der Waals surface area contributed by atoms with Crippen LogP contribution in [0.5, 0.6) is 11.5 Å². The molecule has 1 fully saturated rings. The molecule has 2 aliphatic heterocycles. The first-order valence-electron chi connectivity index (χ1n) is 10.8. The van der Waals surface area contributed by atoms with Crippen LogP contribution >= 0.6 is 0 Å². The number of carbonyl (C=O) groups is 1. The summed E-state index contributed by atoms with van der Waals surface area (Å²) >= 11 is 0. The van der Waals surface area contributed by atoms with E-state index in [1.807, 2.05) is 37.3 Å². The van der Waals surface area contributed by atoms with Gasteiger partial charge in [-0.15, -0.1) is 0 Å². The molecule has 0 radical (unpaired) electrons. The summed E-state index contributed by atoms with van der Waals surface area (Å²) in [6, 6.07) is 12.8. The standard InChI is InChI=1S/C23H25N5O4/c1-2-28-21(29)17-14-19-20(32-13-12-31-19)15-18(17)25-22(28)26-8-10-27(11-9-26)23(30)24-16-6-4-3-5-7-16/h3-7,14-15H,2,8-13H2,1H3,(H,24,30). The lowest BCUT2D eigenvalue weighted by Crippen LogP contribution is -2.51. The van der Waals surface area contributed by atoms with Crippen molar-refractivity contribution in [3.05, 3.63) is 52.8 Å². The molecule has 9 heteroatoms. The number of hydrogen-bond acceptors (Lipinski definition) is 6. The second-order valence-corrected chi connectivity index (χ2v) is 7.74. The minimum Gasteiger partial charge on any atom is -0.486 e. The van der Waals surface area contributed by atoms with E-state index in [9.17, 15) is 9.59 Å². The van der Waals surface area contributed by atoms with Gasteiger partial charge in [0.05, 0.1) is 10.9 Å². The number of fused-ring (bicyclic) bond motifs is 2. The Bertz CT molecular complexity index is 1200. The summed E-state index contributed by atoms with van der Waals surface area (Å²) in [5.74, 6) is 1.80. The highest BCUT2D eigenvalue weighted by molar-refractivity contribution is 5.89. The quantitative estimate of drug-likeness (QED) is 0.680. The molecule has 3 heterocycles. The van der Waals surface area contributed by atoms with Gasteiger partial charge in [-0.3, -0.25) is 9.36 Å². The zero-order chi connectivity index (χ0) is 22.1. The van der Waals surface area contributed by atoms with Crippen LogP contribution in [-0.4, -0.2) is 59.9 Å². The molecule has 9 nitrogen and oxygen atoms in total. The number of amides is 2. The molecule has 0 atom stereocenters. The number of aromatic nitrogens is 2. The Morgan fingerprint density at radius 2 is 1.72 bits per heavy atom. The van der Waals surface area contributed by atoms with Gasteiger partial charge in [-0.2, -0.15) is 0 Å². The molecule has 0 aliphatic carbocycles. The van der Waals surface area contributed by atoms with E-state index in [0.717, 1.165) is 5.69 Å². The predicted octanol–water partition coefficient (Wildman–Crippen LogP) is 2.54. The SMILES string of the molecule is CCn1c(N2CCN(C(=O)Nc3ccccc3)CC2)nc2cc3c(cc2c1=O)OCCO3. The van der Waals surface area contributed by atoms with Crippen LogP contribution in [0.25, 0.3) is 10.9 Å². The van der Waals surface area contributed by atoms with Gasteiger partial charge >= 0.3 is 6.03 Å². The van der Waals surface area contributed by atoms with Crippen molar-refractivity contribution < 1.29 is 14.3 Å². The normalized spacial score (nSPS) is 15.7. The van der Waals surface area contributed by atoms with Crippen LogP contribution in [0.4, 0.5) is 16.4 Å². The van der Waals surface area contributed by atoms with Gasteiger partial charge in [0.25, 0.3) is 5.56 Å². The number of para-hydroxylation sites is 1. The highest BCUT2D eigenvalue weighted by atomic mass is 16.6. The third kappa shape index (κ3) is 3.70. The molecule has 32 heavy (non-hydrogen) atoms. The summed E-state index contributed by atoms with van der Waals surface area (Å²) in [5, 5.41) is 3.44. The average Bonchev–Trinajstić information content (AvgIpc) is 2.83. The van der Waals surface area contributed by atoms with Gasteiger partial charge in [0.1, 0.15) is 13.2 Å². The van der Waals surface area contributed by atoms with E-state index in [4.69, 9.17) is 14.5 Å². The molecule has 0 bridgehead atoms. The molecular weight excluding hydrogens is 410 g/mol. The fraction of sp³-hybridized carbons (Fsp3) is 0.348. The predicted molar refractivity (Wildman–Crippen MR) is 122 cm³/mol. The van der Waals surface area contributed by atoms with Crippen molar-refractivity contribution in [2.75, 3.05) is 49.6 Å². The van der Waals surface area contributed by atoms with Crippen molar-refractivity contribution in [2.45, 2.75) is 13.5 Å². The number of urea groups is 1. The van der Waals surface area contributed by atoms with Crippen LogP contribution in [0.1, 0.15) is 6.92 Å². The first-order valence-corrected chi connectivity index (χ1v) is 10.8. The number of piperazine rings is 1. The van der Waals surface area contributed by atoms with Crippen LogP contribution < -0.4 is 25.2 Å². The molecule has 5 rings (SSSR count). The highest BCUT2D eigenvalue weighted by Gasteiger charge is 2.25. The molecule has 2 amide bonds. The van der Waals surface area contributed by atoms with E-state index in [1.165, 1.54) is 0 Å². The third-order valence-electron chi connectivity index (χ3n) is 5.79. The lowest BCUT2D eigenvalue weighted by atomic mass is 10.2. The van der Waals surface area contributed by atoms with E-state index in [-0.39, 0.29) is 11.6 Å². The van der Waals surface area contributed by atoms with Crippen molar-refractivity contribution >= 4 is 28.6 Å². The largest absolute Gasteiger partial charge is 0.486 e. The van der Waals surface area contributed by atoms with Gasteiger partial charge in [0.15, 0.2) is 11.5 Å². The Balaban J connectivity index is 1.38. The van der Waals surface area contributed by atoms with E-state index < -0.39 is 0 Å². The van der Waals surface area contributed by atoms with Crippen molar-refractivity contribution in [1.82, 2.24) is 14.5 Å². The molecule has 1 N–H and O–H groups in total. The van der Waals surface area contributed by atoms with Crippen LogP contribution in [0, 0.1) is 0 Å². The monoisotopic (exact) mass is 435 g/mol. The number of hydrogen-bond donors (Lipinski definition) is 1. The lowest BCUT2D eigenvalue weighted by Gasteiger charge is -2.36. The first-order chi connectivity index (χ1) is 15.6. The Labute approximate surface area is 185 Å². The van der Waals surface area contributed by atoms with Gasteiger partial charge in [0, 0.05) is 44.5 Å². The molecule has 0 spiro atoms. The van der Waals surface area contributed by atoms with Gasteiger partial charge in [0.2, 0.25) is 5.95 Å². The van der Waals surface area contributed by atoms with E-state index >= 15 is 0 Å². The molecule has 166 valence electrons. The Kier molecular flexibility index (Phi) is 5.30. The second-order valence-electron chi connectivity index (χ2n) is 7.74. The van der Waals surface area contributed by atoms with E-state index in [0.29, 0.717) is 74.3 Å². The zero-order valence-electron chi connectivity index (χ0n) is 17.9. The van der Waals surface area contributed by atoms with Crippen LogP contribution in [0.2, 0.25) is 0 Å². The van der Waals surface area contributed by atoms with Gasteiger partial charge in [-0.05, 0) is 25.1 Å². The first kappa shape index (κ1) is 20.2. The van der Waals surface area contributed by atoms with E-state index in [1.54, 1.807) is 21.6 Å². The van der Waals surface area contributed by atoms with Crippen molar-refractivity contribution in [2.24, 2.45) is 0 Å². The molecule has 0 saturated carbocycles. The number of nitrogens with one attached hydrogen (secondary N) is 1. The zero-order valence-corrected chi connectivity index (χ0v) is 17.9. The van der Waals surface area contributed by atoms with Crippen molar-refractivity contribution in [3.63, 3.8) is 0 Å². The summed E-state index contributed by atoms with van der Waals surface area (Å²) in [4.78, 5) is 34.5. The lowest BCUT2D eigenvalue weighted by molar-refractivity contribution is 0.172. The van der Waals surface area contributed by atoms with Crippen molar-refractivity contribution in [3.8, 4) is 11.5 Å². The maximum atomic E-state index is 13.2. The van der Waals surface area contributed by atoms with Crippen LogP contribution in [0.15, 0.2) is 47.3 Å². The second kappa shape index (κ2) is 8.41. The summed E-state index contributed by atoms with van der Waals surface area (Å²) < 4.78 is 13.0. The number of benzene rings is 2. The summed E-state index contributed by atoms with van der Waals surface area (Å²) in [6.45, 7) is 5.63. The summed E-state index contributed by atoms with van der Waals surface area (Å²) in [6.07, 6.45) is 0. The molecule has 1 aromatic heterocycles. The summed E-state index contributed by atoms with van der Waals surface area (Å²) in [7, 11) is 0. The molecule has 2 aliphatic rings. The number of nitrogens with zero attached hydrogens (tertiary/aromatic N) is 4. The Morgan fingerprint density at radius 3 is 2.41 bits per heavy atom. The smallest absolute Gasteiger partial charge is 0.321 e. The number of carbonyl (C=O) groups excluding carboxylic acids is 1. The average molecular weight is 435 g/mol. The minimum absolute atomic E-state index is 0.103. The molecular formula is C23H25N5O4. The fourth-order valence-electron chi connectivity index (χ4n) is 4.11. The Morgan fingerprint density at radius 1 is 1.03 bits per heavy atom. The highest BCUT2D eigenvalue weighted by Crippen LogP contribution is 2.33. The molecule has 2 aromatic carbocycles. The maximum Gasteiger partial charge on any atom is 0.321 e. The number of ether oxygens (including phenoxy) is 2. The Hall–Kier alpha value is -3.75. The fourth-order valence-corrected chi connectivity index (χ4v) is 4.11. The number of anilines is 2. The van der Waals surface area contributed by atoms with Crippen LogP contribution in [-0.2, 0) is 6.54 Å². The van der Waals surface area contributed by atoms with Crippen molar-refractivity contribution in [1.29, 1.82) is 0 Å². The van der Waals surface area contributed by atoms with Crippen LogP contribution in [0.3, 0.4) is 0 Å².